The summed E-state index contributed by atoms with van der Waals surface area (Å²) < 4.78 is 13.1. The number of rotatable bonds is 2. The van der Waals surface area contributed by atoms with E-state index in [1.54, 1.807) is 12.1 Å². The van der Waals surface area contributed by atoms with Gasteiger partial charge in [0.25, 0.3) is 0 Å². The fraction of sp³-hybridized carbons (Fsp3) is 0.538. The molecule has 0 aliphatic heterocycles. The largest absolute Gasteiger partial charge is 0.317 e. The Labute approximate surface area is 90.7 Å². The highest BCUT2D eigenvalue weighted by Gasteiger charge is 2.24. The van der Waals surface area contributed by atoms with E-state index in [9.17, 15) is 4.39 Å². The molecule has 2 heteroatoms. The lowest BCUT2D eigenvalue weighted by molar-refractivity contribution is 0.436. The van der Waals surface area contributed by atoms with Crippen LogP contribution < -0.4 is 5.32 Å². The topological polar surface area (TPSA) is 12.0 Å². The molecular formula is C13H18FN. The monoisotopic (exact) mass is 207 g/mol. The van der Waals surface area contributed by atoms with E-state index < -0.39 is 0 Å². The lowest BCUT2D eigenvalue weighted by Crippen LogP contribution is -2.31. The smallest absolute Gasteiger partial charge is 0.123 e. The highest BCUT2D eigenvalue weighted by molar-refractivity contribution is 5.34. The maximum atomic E-state index is 13.1. The summed E-state index contributed by atoms with van der Waals surface area (Å²) in [5.41, 5.74) is 2.54. The molecule has 0 radical (unpaired) electrons. The van der Waals surface area contributed by atoms with E-state index in [1.807, 2.05) is 13.1 Å². The van der Waals surface area contributed by atoms with Gasteiger partial charge in [-0.1, -0.05) is 6.07 Å². The molecule has 1 nitrogen and oxygen atoms in total. The van der Waals surface area contributed by atoms with Gasteiger partial charge in [-0.3, -0.25) is 0 Å². The summed E-state index contributed by atoms with van der Waals surface area (Å²) in [6.45, 7) is 2.20. The lowest BCUT2D eigenvalue weighted by atomic mass is 9.79. The highest BCUT2D eigenvalue weighted by atomic mass is 19.1. The van der Waals surface area contributed by atoms with Crippen LogP contribution >= 0.6 is 0 Å². The zero-order valence-corrected chi connectivity index (χ0v) is 9.39. The molecule has 0 saturated carbocycles. The molecule has 0 spiro atoms. The summed E-state index contributed by atoms with van der Waals surface area (Å²) >= 11 is 0. The molecule has 1 aliphatic rings. The number of benzene rings is 1. The van der Waals surface area contributed by atoms with Gasteiger partial charge < -0.3 is 5.32 Å². The maximum absolute atomic E-state index is 13.1. The SMILES string of the molecule is CNC(C)C1CCCc2cc(F)ccc21. The van der Waals surface area contributed by atoms with Gasteiger partial charge in [-0.2, -0.15) is 0 Å². The van der Waals surface area contributed by atoms with Crippen LogP contribution in [0.15, 0.2) is 18.2 Å². The summed E-state index contributed by atoms with van der Waals surface area (Å²) in [5, 5.41) is 3.30. The standard InChI is InChI=1S/C13H18FN/c1-9(15-2)12-5-3-4-10-8-11(14)6-7-13(10)12/h6-9,12,15H,3-5H2,1-2H3. The van der Waals surface area contributed by atoms with Crippen molar-refractivity contribution in [3.63, 3.8) is 0 Å². The van der Waals surface area contributed by atoms with E-state index in [4.69, 9.17) is 0 Å². The third-order valence-corrected chi connectivity index (χ3v) is 3.52. The quantitative estimate of drug-likeness (QED) is 0.786. The van der Waals surface area contributed by atoms with Gasteiger partial charge >= 0.3 is 0 Å². The Morgan fingerprint density at radius 1 is 1.47 bits per heavy atom. The van der Waals surface area contributed by atoms with Crippen LogP contribution in [0.3, 0.4) is 0 Å². The van der Waals surface area contributed by atoms with Crippen LogP contribution in [0.1, 0.15) is 36.8 Å². The predicted octanol–water partition coefficient (Wildman–Crippen LogP) is 2.85. The Bertz CT molecular complexity index is 348. The molecule has 2 unspecified atom stereocenters. The van der Waals surface area contributed by atoms with Gasteiger partial charge in [-0.15, -0.1) is 0 Å². The Morgan fingerprint density at radius 3 is 3.00 bits per heavy atom. The zero-order chi connectivity index (χ0) is 10.8. The molecule has 0 bridgehead atoms. The third-order valence-electron chi connectivity index (χ3n) is 3.52. The molecule has 1 aliphatic carbocycles. The van der Waals surface area contributed by atoms with Gasteiger partial charge in [0.1, 0.15) is 5.82 Å². The minimum absolute atomic E-state index is 0.105. The molecule has 0 amide bonds. The number of halogens is 1. The molecule has 2 atom stereocenters. The summed E-state index contributed by atoms with van der Waals surface area (Å²) in [4.78, 5) is 0. The molecule has 1 N–H and O–H groups in total. The van der Waals surface area contributed by atoms with Gasteiger partial charge in [0, 0.05) is 6.04 Å². The Morgan fingerprint density at radius 2 is 2.27 bits per heavy atom. The number of likely N-dealkylation sites (N-methyl/N-ethyl adjacent to an activating group) is 1. The van der Waals surface area contributed by atoms with E-state index in [0.29, 0.717) is 12.0 Å². The van der Waals surface area contributed by atoms with E-state index in [2.05, 4.69) is 12.2 Å². The van der Waals surface area contributed by atoms with Crippen LogP contribution in [-0.4, -0.2) is 13.1 Å². The van der Waals surface area contributed by atoms with Gasteiger partial charge in [0.15, 0.2) is 0 Å². The second-order valence-corrected chi connectivity index (χ2v) is 4.42. The van der Waals surface area contributed by atoms with Crippen molar-refractivity contribution in [3.05, 3.63) is 35.1 Å². The summed E-state index contributed by atoms with van der Waals surface area (Å²) in [5.74, 6) is 0.436. The number of aryl methyl sites for hydroxylation is 1. The Balaban J connectivity index is 2.34. The molecule has 0 fully saturated rings. The van der Waals surface area contributed by atoms with Crippen molar-refractivity contribution in [2.24, 2.45) is 0 Å². The van der Waals surface area contributed by atoms with Crippen molar-refractivity contribution in [2.75, 3.05) is 7.05 Å². The maximum Gasteiger partial charge on any atom is 0.123 e. The molecule has 0 heterocycles. The van der Waals surface area contributed by atoms with E-state index in [0.717, 1.165) is 6.42 Å². The van der Waals surface area contributed by atoms with Crippen LogP contribution in [0.2, 0.25) is 0 Å². The number of nitrogens with one attached hydrogen (secondary N) is 1. The third kappa shape index (κ3) is 2.05. The van der Waals surface area contributed by atoms with Crippen molar-refractivity contribution in [1.29, 1.82) is 0 Å². The molecule has 1 aromatic rings. The molecule has 0 saturated heterocycles. The van der Waals surface area contributed by atoms with Crippen molar-refractivity contribution in [3.8, 4) is 0 Å². The first-order valence-corrected chi connectivity index (χ1v) is 5.68. The Hall–Kier alpha value is -0.890. The second-order valence-electron chi connectivity index (χ2n) is 4.42. The van der Waals surface area contributed by atoms with Gasteiger partial charge in [-0.25, -0.2) is 4.39 Å². The van der Waals surface area contributed by atoms with E-state index >= 15 is 0 Å². The first-order chi connectivity index (χ1) is 7.22. The fourth-order valence-corrected chi connectivity index (χ4v) is 2.54. The van der Waals surface area contributed by atoms with Crippen LogP contribution in [-0.2, 0) is 6.42 Å². The highest BCUT2D eigenvalue weighted by Crippen LogP contribution is 2.34. The number of hydrogen-bond acceptors (Lipinski definition) is 1. The van der Waals surface area contributed by atoms with Crippen molar-refractivity contribution in [1.82, 2.24) is 5.32 Å². The summed E-state index contributed by atoms with van der Waals surface area (Å²) in [7, 11) is 1.99. The molecule has 1 aromatic carbocycles. The minimum atomic E-state index is -0.105. The number of hydrogen-bond donors (Lipinski definition) is 1. The van der Waals surface area contributed by atoms with Gasteiger partial charge in [0.05, 0.1) is 0 Å². The Kier molecular flexibility index (Phi) is 3.06. The average Bonchev–Trinajstić information content (AvgIpc) is 2.26. The molecule has 2 rings (SSSR count). The van der Waals surface area contributed by atoms with Crippen molar-refractivity contribution >= 4 is 0 Å². The van der Waals surface area contributed by atoms with Crippen LogP contribution in [0, 0.1) is 5.82 Å². The molecular weight excluding hydrogens is 189 g/mol. The molecule has 0 aromatic heterocycles. The van der Waals surface area contributed by atoms with Crippen molar-refractivity contribution < 1.29 is 4.39 Å². The first kappa shape index (κ1) is 10.6. The van der Waals surface area contributed by atoms with Crippen LogP contribution in [0.25, 0.3) is 0 Å². The second kappa shape index (κ2) is 4.31. The molecule has 82 valence electrons. The van der Waals surface area contributed by atoms with Crippen molar-refractivity contribution in [2.45, 2.75) is 38.1 Å². The lowest BCUT2D eigenvalue weighted by Gasteiger charge is -2.30. The van der Waals surface area contributed by atoms with E-state index in [1.165, 1.54) is 24.0 Å². The zero-order valence-electron chi connectivity index (χ0n) is 9.39. The summed E-state index contributed by atoms with van der Waals surface area (Å²) in [6.07, 6.45) is 3.41. The first-order valence-electron chi connectivity index (χ1n) is 5.68. The van der Waals surface area contributed by atoms with E-state index in [-0.39, 0.29) is 5.82 Å². The normalized spacial score (nSPS) is 22.2. The fourth-order valence-electron chi connectivity index (χ4n) is 2.54. The van der Waals surface area contributed by atoms with Gasteiger partial charge in [-0.05, 0) is 62.4 Å². The average molecular weight is 207 g/mol. The summed E-state index contributed by atoms with van der Waals surface area (Å²) in [6, 6.07) is 5.71. The molecule has 15 heavy (non-hydrogen) atoms. The predicted molar refractivity (Wildman–Crippen MR) is 60.6 cm³/mol. The minimum Gasteiger partial charge on any atom is -0.317 e. The van der Waals surface area contributed by atoms with Crippen LogP contribution in [0.5, 0.6) is 0 Å². The van der Waals surface area contributed by atoms with Gasteiger partial charge in [0.2, 0.25) is 0 Å². The van der Waals surface area contributed by atoms with Crippen LogP contribution in [0.4, 0.5) is 4.39 Å². The number of fused-ring (bicyclic) bond motifs is 1.